The molecule has 0 saturated carbocycles. The Bertz CT molecular complexity index is 746. The molecule has 0 spiro atoms. The molecule has 1 N–H and O–H groups in total. The van der Waals surface area contributed by atoms with Crippen LogP contribution in [0.25, 0.3) is 0 Å². The van der Waals surface area contributed by atoms with Gasteiger partial charge in [0.25, 0.3) is 5.91 Å². The lowest BCUT2D eigenvalue weighted by Gasteiger charge is -2.14. The fraction of sp³-hybridized carbons (Fsp3) is 0.222. The number of para-hydroxylation sites is 1. The average Bonchev–Trinajstić information content (AvgIpc) is 2.60. The van der Waals surface area contributed by atoms with Gasteiger partial charge < -0.3 is 14.8 Å². The van der Waals surface area contributed by atoms with Crippen molar-refractivity contribution in [2.45, 2.75) is 13.3 Å². The van der Waals surface area contributed by atoms with Crippen LogP contribution in [-0.2, 0) is 11.2 Å². The maximum Gasteiger partial charge on any atom is 0.262 e. The molecule has 0 bridgehead atoms. The lowest BCUT2D eigenvalue weighted by atomic mass is 10.1. The van der Waals surface area contributed by atoms with Gasteiger partial charge in [-0.2, -0.15) is 0 Å². The summed E-state index contributed by atoms with van der Waals surface area (Å²) in [6, 6.07) is 10.9. The van der Waals surface area contributed by atoms with E-state index in [1.54, 1.807) is 12.1 Å². The van der Waals surface area contributed by atoms with Crippen molar-refractivity contribution in [1.29, 1.82) is 0 Å². The van der Waals surface area contributed by atoms with Crippen molar-refractivity contribution in [3.05, 3.63) is 51.1 Å². The molecule has 1 amide bonds. The maximum atomic E-state index is 12.2. The highest BCUT2D eigenvalue weighted by atomic mass is 127. The molecule has 2 rings (SSSR count). The summed E-state index contributed by atoms with van der Waals surface area (Å²) in [6.45, 7) is 1.88. The number of aldehydes is 1. The lowest BCUT2D eigenvalue weighted by Crippen LogP contribution is -2.21. The lowest BCUT2D eigenvalue weighted by molar-refractivity contribution is -0.118. The van der Waals surface area contributed by atoms with Crippen molar-refractivity contribution in [2.75, 3.05) is 19.0 Å². The largest absolute Gasteiger partial charge is 0.493 e. The molecule has 0 aliphatic rings. The quantitative estimate of drug-likeness (QED) is 0.528. The molecule has 0 aliphatic carbocycles. The summed E-state index contributed by atoms with van der Waals surface area (Å²) >= 11 is 2.04. The fourth-order valence-corrected chi connectivity index (χ4v) is 3.00. The topological polar surface area (TPSA) is 64.6 Å². The third-order valence-electron chi connectivity index (χ3n) is 3.41. The Hall–Kier alpha value is -2.09. The number of rotatable bonds is 7. The minimum absolute atomic E-state index is 0.148. The summed E-state index contributed by atoms with van der Waals surface area (Å²) in [5, 5.41) is 2.85. The average molecular weight is 439 g/mol. The van der Waals surface area contributed by atoms with E-state index in [0.29, 0.717) is 20.6 Å². The number of nitrogens with one attached hydrogen (secondary N) is 1. The van der Waals surface area contributed by atoms with Crippen LogP contribution in [0.1, 0.15) is 22.8 Å². The Labute approximate surface area is 154 Å². The van der Waals surface area contributed by atoms with E-state index in [-0.39, 0.29) is 12.5 Å². The summed E-state index contributed by atoms with van der Waals surface area (Å²) in [5.74, 6) is 0.613. The summed E-state index contributed by atoms with van der Waals surface area (Å²) in [7, 11) is 1.49. The number of carbonyl (C=O) groups excluding carboxylic acids is 2. The van der Waals surface area contributed by atoms with E-state index >= 15 is 0 Å². The van der Waals surface area contributed by atoms with Gasteiger partial charge in [0.05, 0.1) is 10.7 Å². The van der Waals surface area contributed by atoms with Gasteiger partial charge in [-0.05, 0) is 52.8 Å². The Morgan fingerprint density at radius 2 is 2.04 bits per heavy atom. The molecule has 0 unspecified atom stereocenters. The normalized spacial score (nSPS) is 10.1. The molecular weight excluding hydrogens is 421 g/mol. The number of anilines is 1. The van der Waals surface area contributed by atoms with Gasteiger partial charge in [-0.25, -0.2) is 0 Å². The van der Waals surface area contributed by atoms with Crippen molar-refractivity contribution in [2.24, 2.45) is 0 Å². The Balaban J connectivity index is 2.08. The second-order valence-electron chi connectivity index (χ2n) is 5.00. The highest BCUT2D eigenvalue weighted by Gasteiger charge is 2.14. The maximum absolute atomic E-state index is 12.2. The van der Waals surface area contributed by atoms with Gasteiger partial charge in [-0.15, -0.1) is 0 Å². The molecule has 2 aromatic rings. The summed E-state index contributed by atoms with van der Waals surface area (Å²) in [5.41, 5.74) is 2.34. The summed E-state index contributed by atoms with van der Waals surface area (Å²) < 4.78 is 11.5. The first-order chi connectivity index (χ1) is 11.6. The molecule has 126 valence electrons. The second kappa shape index (κ2) is 8.68. The molecule has 0 fully saturated rings. The monoisotopic (exact) mass is 439 g/mol. The predicted octanol–water partition coefficient (Wildman–Crippen LogP) is 3.69. The van der Waals surface area contributed by atoms with Crippen molar-refractivity contribution in [1.82, 2.24) is 0 Å². The number of carbonyl (C=O) groups is 2. The molecular formula is C18H18INO4. The zero-order valence-electron chi connectivity index (χ0n) is 13.5. The number of hydrogen-bond acceptors (Lipinski definition) is 4. The van der Waals surface area contributed by atoms with Gasteiger partial charge >= 0.3 is 0 Å². The number of benzene rings is 2. The van der Waals surface area contributed by atoms with E-state index in [1.807, 2.05) is 53.8 Å². The minimum atomic E-state index is -0.256. The first-order valence-electron chi connectivity index (χ1n) is 7.42. The minimum Gasteiger partial charge on any atom is -0.493 e. The number of aryl methyl sites for hydroxylation is 1. The van der Waals surface area contributed by atoms with Gasteiger partial charge in [-0.1, -0.05) is 25.1 Å². The van der Waals surface area contributed by atoms with Crippen molar-refractivity contribution >= 4 is 40.5 Å². The van der Waals surface area contributed by atoms with Crippen LogP contribution in [0.4, 0.5) is 5.69 Å². The van der Waals surface area contributed by atoms with E-state index < -0.39 is 0 Å². The van der Waals surface area contributed by atoms with Crippen LogP contribution in [0, 0.1) is 3.57 Å². The van der Waals surface area contributed by atoms with E-state index in [2.05, 4.69) is 5.32 Å². The van der Waals surface area contributed by atoms with Gasteiger partial charge in [0, 0.05) is 11.3 Å². The van der Waals surface area contributed by atoms with E-state index in [4.69, 9.17) is 9.47 Å². The number of methoxy groups -OCH3 is 1. The summed E-state index contributed by atoms with van der Waals surface area (Å²) in [4.78, 5) is 23.1. The molecule has 0 aromatic heterocycles. The SMILES string of the molecule is CCc1ccccc1NC(=O)COc1c(I)cc(C=O)cc1OC. The fourth-order valence-electron chi connectivity index (χ4n) is 2.22. The highest BCUT2D eigenvalue weighted by Crippen LogP contribution is 2.33. The van der Waals surface area contributed by atoms with Crippen LogP contribution in [-0.4, -0.2) is 25.9 Å². The van der Waals surface area contributed by atoms with Crippen LogP contribution in [0.3, 0.4) is 0 Å². The predicted molar refractivity (Wildman–Crippen MR) is 101 cm³/mol. The van der Waals surface area contributed by atoms with E-state index in [0.717, 1.165) is 24.0 Å². The summed E-state index contributed by atoms with van der Waals surface area (Å²) in [6.07, 6.45) is 1.57. The zero-order valence-corrected chi connectivity index (χ0v) is 15.6. The molecule has 0 radical (unpaired) electrons. The standard InChI is InChI=1S/C18H18INO4/c1-3-13-6-4-5-7-15(13)20-17(22)11-24-18-14(19)8-12(10-21)9-16(18)23-2/h4-10H,3,11H2,1-2H3,(H,20,22). The van der Waals surface area contributed by atoms with Crippen LogP contribution in [0.15, 0.2) is 36.4 Å². The Morgan fingerprint density at radius 3 is 2.71 bits per heavy atom. The van der Waals surface area contributed by atoms with Crippen molar-refractivity contribution < 1.29 is 19.1 Å². The Kier molecular flexibility index (Phi) is 6.60. The second-order valence-corrected chi connectivity index (χ2v) is 6.16. The number of halogens is 1. The molecule has 24 heavy (non-hydrogen) atoms. The van der Waals surface area contributed by atoms with Crippen molar-refractivity contribution in [3.63, 3.8) is 0 Å². The van der Waals surface area contributed by atoms with Gasteiger partial charge in [0.1, 0.15) is 6.29 Å². The first-order valence-corrected chi connectivity index (χ1v) is 8.50. The van der Waals surface area contributed by atoms with Gasteiger partial charge in [0.15, 0.2) is 18.1 Å². The Morgan fingerprint density at radius 1 is 1.29 bits per heavy atom. The molecule has 5 nitrogen and oxygen atoms in total. The van der Waals surface area contributed by atoms with Crippen LogP contribution >= 0.6 is 22.6 Å². The number of amides is 1. The zero-order chi connectivity index (χ0) is 17.5. The molecule has 0 saturated heterocycles. The van der Waals surface area contributed by atoms with E-state index in [1.165, 1.54) is 7.11 Å². The number of hydrogen-bond donors (Lipinski definition) is 1. The third kappa shape index (κ3) is 4.47. The molecule has 0 aliphatic heterocycles. The smallest absolute Gasteiger partial charge is 0.262 e. The van der Waals surface area contributed by atoms with Crippen LogP contribution in [0.2, 0.25) is 0 Å². The molecule has 0 heterocycles. The number of ether oxygens (including phenoxy) is 2. The molecule has 6 heteroatoms. The first kappa shape index (κ1) is 18.3. The molecule has 2 aromatic carbocycles. The van der Waals surface area contributed by atoms with Gasteiger partial charge in [0.2, 0.25) is 0 Å². The molecule has 0 atom stereocenters. The van der Waals surface area contributed by atoms with Crippen LogP contribution < -0.4 is 14.8 Å². The van der Waals surface area contributed by atoms with Gasteiger partial charge in [-0.3, -0.25) is 9.59 Å². The van der Waals surface area contributed by atoms with E-state index in [9.17, 15) is 9.59 Å². The van der Waals surface area contributed by atoms with Crippen LogP contribution in [0.5, 0.6) is 11.5 Å². The highest BCUT2D eigenvalue weighted by molar-refractivity contribution is 14.1. The van der Waals surface area contributed by atoms with Crippen molar-refractivity contribution in [3.8, 4) is 11.5 Å². The third-order valence-corrected chi connectivity index (χ3v) is 4.21.